The molecule has 124 valence electrons. The number of thiophene rings is 1. The van der Waals surface area contributed by atoms with Crippen molar-refractivity contribution in [3.05, 3.63) is 65.4 Å². The lowest BCUT2D eigenvalue weighted by molar-refractivity contribution is 0.0427. The SMILES string of the molecule is O=C(OCc1nc(-c2cccs2)no1)c1cc2ccccc2cc1O. The number of ether oxygens (including phenoxy) is 1. The van der Waals surface area contributed by atoms with Gasteiger partial charge < -0.3 is 14.4 Å². The summed E-state index contributed by atoms with van der Waals surface area (Å²) in [5.41, 5.74) is 0.0942. The maximum absolute atomic E-state index is 12.2. The van der Waals surface area contributed by atoms with Gasteiger partial charge in [-0.2, -0.15) is 4.98 Å². The number of fused-ring (bicyclic) bond motifs is 1. The van der Waals surface area contributed by atoms with Crippen molar-refractivity contribution in [2.75, 3.05) is 0 Å². The van der Waals surface area contributed by atoms with Gasteiger partial charge in [-0.1, -0.05) is 35.5 Å². The molecule has 25 heavy (non-hydrogen) atoms. The number of phenolic OH excluding ortho intramolecular Hbond substituents is 1. The predicted molar refractivity (Wildman–Crippen MR) is 92.3 cm³/mol. The Bertz CT molecular complexity index is 1040. The number of hydrogen-bond donors (Lipinski definition) is 1. The van der Waals surface area contributed by atoms with Crippen LogP contribution in [0.2, 0.25) is 0 Å². The average molecular weight is 352 g/mol. The maximum atomic E-state index is 12.2. The Labute approximate surface area is 146 Å². The van der Waals surface area contributed by atoms with Crippen LogP contribution >= 0.6 is 11.3 Å². The van der Waals surface area contributed by atoms with Crippen LogP contribution in [0.1, 0.15) is 16.2 Å². The van der Waals surface area contributed by atoms with Crippen LogP contribution in [0, 0.1) is 0 Å². The van der Waals surface area contributed by atoms with Crippen molar-refractivity contribution in [1.29, 1.82) is 0 Å². The number of nitrogens with zero attached hydrogens (tertiary/aromatic N) is 2. The van der Waals surface area contributed by atoms with Gasteiger partial charge in [0.15, 0.2) is 6.61 Å². The molecule has 2 heterocycles. The molecule has 4 aromatic rings. The Morgan fingerprint density at radius 2 is 1.96 bits per heavy atom. The lowest BCUT2D eigenvalue weighted by Gasteiger charge is -2.06. The summed E-state index contributed by atoms with van der Waals surface area (Å²) in [4.78, 5) is 17.3. The Morgan fingerprint density at radius 1 is 1.16 bits per heavy atom. The van der Waals surface area contributed by atoms with Gasteiger partial charge in [-0.15, -0.1) is 11.3 Å². The van der Waals surface area contributed by atoms with Crippen LogP contribution in [0.25, 0.3) is 21.5 Å². The third-order valence-electron chi connectivity index (χ3n) is 3.62. The number of phenols is 1. The topological polar surface area (TPSA) is 85.5 Å². The zero-order chi connectivity index (χ0) is 17.2. The smallest absolute Gasteiger partial charge is 0.342 e. The summed E-state index contributed by atoms with van der Waals surface area (Å²) in [6.45, 7) is -0.163. The van der Waals surface area contributed by atoms with E-state index in [0.717, 1.165) is 15.6 Å². The van der Waals surface area contributed by atoms with E-state index in [9.17, 15) is 9.90 Å². The summed E-state index contributed by atoms with van der Waals surface area (Å²) in [5, 5.41) is 17.5. The van der Waals surface area contributed by atoms with Crippen LogP contribution in [0.5, 0.6) is 5.75 Å². The summed E-state index contributed by atoms with van der Waals surface area (Å²) in [5.74, 6) is -0.140. The van der Waals surface area contributed by atoms with Crippen molar-refractivity contribution in [2.24, 2.45) is 0 Å². The molecule has 2 aromatic carbocycles. The highest BCUT2D eigenvalue weighted by Crippen LogP contribution is 2.26. The Hall–Kier alpha value is -3.19. The number of aromatic nitrogens is 2. The Kier molecular flexibility index (Phi) is 3.91. The van der Waals surface area contributed by atoms with Crippen LogP contribution in [0.15, 0.2) is 58.4 Å². The van der Waals surface area contributed by atoms with Crippen LogP contribution in [0.3, 0.4) is 0 Å². The standard InChI is InChI=1S/C18H12N2O4S/c21-14-9-12-5-2-1-4-11(12)8-13(14)18(22)23-10-16-19-17(20-24-16)15-6-3-7-25-15/h1-9,21H,10H2. The number of carbonyl (C=O) groups excluding carboxylic acids is 1. The Balaban J connectivity index is 1.50. The fourth-order valence-electron chi connectivity index (χ4n) is 2.42. The molecule has 0 radical (unpaired) electrons. The molecule has 0 atom stereocenters. The fourth-order valence-corrected chi connectivity index (χ4v) is 3.07. The average Bonchev–Trinajstić information content (AvgIpc) is 3.30. The van der Waals surface area contributed by atoms with Gasteiger partial charge in [0.25, 0.3) is 5.89 Å². The highest BCUT2D eigenvalue weighted by atomic mass is 32.1. The van der Waals surface area contributed by atoms with Gasteiger partial charge in [0.05, 0.1) is 4.88 Å². The second-order valence-corrected chi connectivity index (χ2v) is 6.23. The molecule has 0 saturated heterocycles. The van der Waals surface area contributed by atoms with Crippen molar-refractivity contribution in [3.8, 4) is 16.5 Å². The van der Waals surface area contributed by atoms with Crippen LogP contribution in [-0.2, 0) is 11.3 Å². The van der Waals surface area contributed by atoms with E-state index in [2.05, 4.69) is 10.1 Å². The lowest BCUT2D eigenvalue weighted by Crippen LogP contribution is -2.06. The number of esters is 1. The number of rotatable bonds is 4. The molecule has 0 unspecified atom stereocenters. The van der Waals surface area contributed by atoms with Crippen molar-refractivity contribution >= 4 is 28.1 Å². The summed E-state index contributed by atoms with van der Waals surface area (Å²) >= 11 is 1.49. The quantitative estimate of drug-likeness (QED) is 0.559. The van der Waals surface area contributed by atoms with E-state index in [4.69, 9.17) is 9.26 Å². The minimum atomic E-state index is -0.654. The number of aromatic hydroxyl groups is 1. The first-order chi connectivity index (χ1) is 12.2. The highest BCUT2D eigenvalue weighted by molar-refractivity contribution is 7.13. The molecule has 4 rings (SSSR count). The first kappa shape index (κ1) is 15.3. The number of carbonyl (C=O) groups is 1. The third-order valence-corrected chi connectivity index (χ3v) is 4.49. The molecule has 0 aliphatic heterocycles. The fraction of sp³-hybridized carbons (Fsp3) is 0.0556. The minimum absolute atomic E-state index is 0.0942. The van der Waals surface area contributed by atoms with E-state index in [0.29, 0.717) is 5.82 Å². The lowest BCUT2D eigenvalue weighted by atomic mass is 10.1. The first-order valence-electron chi connectivity index (χ1n) is 7.46. The van der Waals surface area contributed by atoms with E-state index in [1.807, 2.05) is 41.8 Å². The molecular formula is C18H12N2O4S. The summed E-state index contributed by atoms with van der Waals surface area (Å²) < 4.78 is 10.3. The molecule has 1 N–H and O–H groups in total. The molecular weight excluding hydrogens is 340 g/mol. The molecule has 2 aromatic heterocycles. The van der Waals surface area contributed by atoms with Gasteiger partial charge >= 0.3 is 5.97 Å². The van der Waals surface area contributed by atoms with Gasteiger partial charge in [-0.3, -0.25) is 0 Å². The van der Waals surface area contributed by atoms with Crippen molar-refractivity contribution in [1.82, 2.24) is 10.1 Å². The van der Waals surface area contributed by atoms with E-state index in [1.165, 1.54) is 17.4 Å². The zero-order valence-corrected chi connectivity index (χ0v) is 13.7. The van der Waals surface area contributed by atoms with Gasteiger partial charge in [-0.05, 0) is 34.4 Å². The molecule has 0 amide bonds. The van der Waals surface area contributed by atoms with E-state index in [1.54, 1.807) is 6.07 Å². The van der Waals surface area contributed by atoms with Crippen LogP contribution < -0.4 is 0 Å². The van der Waals surface area contributed by atoms with Gasteiger partial charge in [0, 0.05) is 0 Å². The second-order valence-electron chi connectivity index (χ2n) is 5.28. The van der Waals surface area contributed by atoms with Crippen LogP contribution in [0.4, 0.5) is 0 Å². The zero-order valence-electron chi connectivity index (χ0n) is 12.9. The molecule has 6 nitrogen and oxygen atoms in total. The van der Waals surface area contributed by atoms with E-state index < -0.39 is 5.97 Å². The summed E-state index contributed by atoms with van der Waals surface area (Å²) in [6.07, 6.45) is 0. The normalized spacial score (nSPS) is 10.9. The minimum Gasteiger partial charge on any atom is -0.507 e. The maximum Gasteiger partial charge on any atom is 0.342 e. The largest absolute Gasteiger partial charge is 0.507 e. The van der Waals surface area contributed by atoms with Gasteiger partial charge in [-0.25, -0.2) is 4.79 Å². The first-order valence-corrected chi connectivity index (χ1v) is 8.34. The second kappa shape index (κ2) is 6.37. The third kappa shape index (κ3) is 3.09. The van der Waals surface area contributed by atoms with Crippen molar-refractivity contribution < 1.29 is 19.2 Å². The van der Waals surface area contributed by atoms with Crippen molar-refractivity contribution in [2.45, 2.75) is 6.61 Å². The summed E-state index contributed by atoms with van der Waals surface area (Å²) in [7, 11) is 0. The van der Waals surface area contributed by atoms with E-state index in [-0.39, 0.29) is 23.8 Å². The number of benzene rings is 2. The molecule has 0 bridgehead atoms. The van der Waals surface area contributed by atoms with Gasteiger partial charge in [0.1, 0.15) is 11.3 Å². The molecule has 0 saturated carbocycles. The van der Waals surface area contributed by atoms with Crippen LogP contribution in [-0.4, -0.2) is 21.2 Å². The molecule has 0 spiro atoms. The monoisotopic (exact) mass is 352 g/mol. The molecule has 0 aliphatic carbocycles. The predicted octanol–water partition coefficient (Wildman–Crippen LogP) is 4.01. The molecule has 0 fully saturated rings. The molecule has 7 heteroatoms. The summed E-state index contributed by atoms with van der Waals surface area (Å²) in [6, 6.07) is 14.3. The van der Waals surface area contributed by atoms with Gasteiger partial charge in [0.2, 0.25) is 5.82 Å². The van der Waals surface area contributed by atoms with Crippen molar-refractivity contribution in [3.63, 3.8) is 0 Å². The van der Waals surface area contributed by atoms with E-state index >= 15 is 0 Å². The highest BCUT2D eigenvalue weighted by Gasteiger charge is 2.16. The molecule has 0 aliphatic rings. The number of hydrogen-bond acceptors (Lipinski definition) is 7. The Morgan fingerprint density at radius 3 is 2.72 bits per heavy atom.